The van der Waals surface area contributed by atoms with Crippen LogP contribution < -0.4 is 5.32 Å². The zero-order valence-electron chi connectivity index (χ0n) is 24.3. The number of nitro groups is 1. The molecule has 2 aromatic carbocycles. The molecule has 11 nitrogen and oxygen atoms in total. The van der Waals surface area contributed by atoms with Crippen LogP contribution in [0.5, 0.6) is 0 Å². The highest BCUT2D eigenvalue weighted by Gasteiger charge is 2.43. The molecule has 1 aliphatic heterocycles. The average molecular weight is 587 g/mol. The number of hydrogen-bond acceptors (Lipinski definition) is 8. The van der Waals surface area contributed by atoms with E-state index in [1.165, 1.54) is 23.1 Å². The Hall–Kier alpha value is -3.64. The molecule has 0 spiro atoms. The van der Waals surface area contributed by atoms with Gasteiger partial charge in [-0.15, -0.1) is 0 Å². The van der Waals surface area contributed by atoms with E-state index in [0.717, 1.165) is 5.56 Å². The second-order valence-electron chi connectivity index (χ2n) is 11.4. The Labute approximate surface area is 241 Å². The molecule has 222 valence electrons. The number of nitrogens with zero attached hydrogens (tertiary/aromatic N) is 3. The number of esters is 1. The minimum atomic E-state index is -3.58. The van der Waals surface area contributed by atoms with E-state index in [2.05, 4.69) is 31.1 Å². The lowest BCUT2D eigenvalue weighted by Gasteiger charge is -2.38. The van der Waals surface area contributed by atoms with Crippen molar-refractivity contribution in [2.24, 2.45) is 10.9 Å². The number of ether oxygens (including phenoxy) is 1. The summed E-state index contributed by atoms with van der Waals surface area (Å²) < 4.78 is 31.1. The molecular weight excluding hydrogens is 548 g/mol. The van der Waals surface area contributed by atoms with Gasteiger partial charge in [0.15, 0.2) is 9.84 Å². The van der Waals surface area contributed by atoms with E-state index in [-0.39, 0.29) is 40.7 Å². The third kappa shape index (κ3) is 7.98. The van der Waals surface area contributed by atoms with Crippen molar-refractivity contribution >= 4 is 33.2 Å². The van der Waals surface area contributed by atoms with Crippen molar-refractivity contribution in [3.63, 3.8) is 0 Å². The summed E-state index contributed by atoms with van der Waals surface area (Å²) >= 11 is 0. The minimum Gasteiger partial charge on any atom is -0.462 e. The lowest BCUT2D eigenvalue weighted by Crippen LogP contribution is -2.48. The van der Waals surface area contributed by atoms with Crippen LogP contribution in [0.15, 0.2) is 58.4 Å². The van der Waals surface area contributed by atoms with Gasteiger partial charge in [0.1, 0.15) is 11.8 Å². The lowest BCUT2D eigenvalue weighted by atomic mass is 9.86. The maximum absolute atomic E-state index is 13.1. The van der Waals surface area contributed by atoms with E-state index in [4.69, 9.17) is 4.74 Å². The highest BCUT2D eigenvalue weighted by Crippen LogP contribution is 2.36. The maximum atomic E-state index is 13.1. The van der Waals surface area contributed by atoms with Gasteiger partial charge in [0.2, 0.25) is 0 Å². The molecular formula is C29H38N4O7S. The number of benzene rings is 2. The Bertz CT molecular complexity index is 1410. The molecule has 0 aliphatic carbocycles. The molecule has 0 saturated heterocycles. The molecule has 41 heavy (non-hydrogen) atoms. The first-order valence-corrected chi connectivity index (χ1v) is 15.1. The highest BCUT2D eigenvalue weighted by atomic mass is 32.2. The molecule has 2 atom stereocenters. The number of non-ortho nitro benzene ring substituents is 1. The summed E-state index contributed by atoms with van der Waals surface area (Å²) in [4.78, 5) is 42.7. The number of carbonyl (C=O) groups is 2. The third-order valence-corrected chi connectivity index (χ3v) is 8.35. The Morgan fingerprint density at radius 1 is 1.17 bits per heavy atom. The molecule has 0 aromatic heterocycles. The summed E-state index contributed by atoms with van der Waals surface area (Å²) in [6.45, 7) is 11.5. The Balaban J connectivity index is 1.75. The fourth-order valence-electron chi connectivity index (χ4n) is 4.67. The smallest absolute Gasteiger partial charge is 0.344 e. The third-order valence-electron chi connectivity index (χ3n) is 6.77. The molecule has 3 rings (SSSR count). The van der Waals surface area contributed by atoms with Gasteiger partial charge in [-0.1, -0.05) is 45.0 Å². The van der Waals surface area contributed by atoms with Crippen molar-refractivity contribution in [2.45, 2.75) is 70.4 Å². The van der Waals surface area contributed by atoms with E-state index < -0.39 is 44.8 Å². The van der Waals surface area contributed by atoms with Crippen LogP contribution in [-0.4, -0.2) is 61.0 Å². The molecule has 2 unspecified atom stereocenters. The van der Waals surface area contributed by atoms with Gasteiger partial charge in [0.05, 0.1) is 22.0 Å². The standard InChI is InChI=1S/C29H38N4O7S/c1-19(2)40-27(34)25-20(3)31-28(35)32(26(25)21-9-7-10-23(17-21)33(36)37)16-8-15-30-18-41(38,39)24-13-11-22(12-14-24)29(4,5)6/h7,9-14,17,19,25-26,30H,8,15-16,18H2,1-6H3. The second-order valence-corrected chi connectivity index (χ2v) is 13.4. The summed E-state index contributed by atoms with van der Waals surface area (Å²) in [5.41, 5.74) is 1.43. The first-order chi connectivity index (χ1) is 19.1. The lowest BCUT2D eigenvalue weighted by molar-refractivity contribution is -0.385. The monoisotopic (exact) mass is 586 g/mol. The van der Waals surface area contributed by atoms with Gasteiger partial charge in [-0.3, -0.25) is 14.9 Å². The predicted octanol–water partition coefficient (Wildman–Crippen LogP) is 4.81. The zero-order chi connectivity index (χ0) is 30.5. The molecule has 0 bridgehead atoms. The molecule has 0 fully saturated rings. The average Bonchev–Trinajstić information content (AvgIpc) is 2.88. The van der Waals surface area contributed by atoms with Gasteiger partial charge < -0.3 is 15.0 Å². The van der Waals surface area contributed by atoms with Crippen LogP contribution in [0.25, 0.3) is 0 Å². The summed E-state index contributed by atoms with van der Waals surface area (Å²) in [6.07, 6.45) is -0.0705. The highest BCUT2D eigenvalue weighted by molar-refractivity contribution is 7.91. The summed E-state index contributed by atoms with van der Waals surface area (Å²) in [5, 5.41) is 14.4. The molecule has 2 amide bonds. The topological polar surface area (TPSA) is 148 Å². The summed E-state index contributed by atoms with van der Waals surface area (Å²) in [5.74, 6) is -1.83. The number of nitrogens with one attached hydrogen (secondary N) is 1. The Kier molecular flexibility index (Phi) is 10.0. The van der Waals surface area contributed by atoms with Crippen LogP contribution >= 0.6 is 0 Å². The summed E-state index contributed by atoms with van der Waals surface area (Å²) in [6, 6.07) is 11.2. The summed E-state index contributed by atoms with van der Waals surface area (Å²) in [7, 11) is -3.58. The van der Waals surface area contributed by atoms with Gasteiger partial charge >= 0.3 is 12.0 Å². The van der Waals surface area contributed by atoms with Crippen molar-refractivity contribution in [1.29, 1.82) is 0 Å². The molecule has 2 aromatic rings. The molecule has 12 heteroatoms. The molecule has 1 heterocycles. The maximum Gasteiger partial charge on any atom is 0.344 e. The zero-order valence-corrected chi connectivity index (χ0v) is 25.1. The van der Waals surface area contributed by atoms with Crippen molar-refractivity contribution < 1.29 is 27.7 Å². The first kappa shape index (κ1) is 31.9. The van der Waals surface area contributed by atoms with Crippen LogP contribution in [0, 0.1) is 16.0 Å². The van der Waals surface area contributed by atoms with Crippen LogP contribution in [0.1, 0.15) is 65.1 Å². The fourth-order valence-corrected chi connectivity index (χ4v) is 5.80. The number of urea groups is 1. The van der Waals surface area contributed by atoms with E-state index in [1.807, 2.05) is 12.1 Å². The van der Waals surface area contributed by atoms with Gasteiger partial charge in [-0.2, -0.15) is 0 Å². The Morgan fingerprint density at radius 3 is 2.41 bits per heavy atom. The largest absolute Gasteiger partial charge is 0.462 e. The van der Waals surface area contributed by atoms with Crippen LogP contribution in [0.4, 0.5) is 10.5 Å². The van der Waals surface area contributed by atoms with Crippen molar-refractivity contribution in [1.82, 2.24) is 10.2 Å². The molecule has 1 N–H and O–H groups in total. The minimum absolute atomic E-state index is 0.0952. The second kappa shape index (κ2) is 12.9. The van der Waals surface area contributed by atoms with Crippen molar-refractivity contribution in [3.8, 4) is 0 Å². The number of carbonyl (C=O) groups excluding carboxylic acids is 2. The number of nitro benzene ring substituents is 1. The molecule has 1 aliphatic rings. The van der Waals surface area contributed by atoms with E-state index in [9.17, 15) is 28.1 Å². The number of rotatable bonds is 11. The van der Waals surface area contributed by atoms with Gasteiger partial charge in [0, 0.05) is 24.4 Å². The number of aliphatic imine (C=N–C) groups is 1. The van der Waals surface area contributed by atoms with Crippen LogP contribution in [-0.2, 0) is 24.8 Å². The van der Waals surface area contributed by atoms with Crippen molar-refractivity contribution in [3.05, 3.63) is 69.8 Å². The Morgan fingerprint density at radius 2 is 1.83 bits per heavy atom. The fraction of sp³-hybridized carbons (Fsp3) is 0.483. The number of amides is 2. The number of hydrogen-bond donors (Lipinski definition) is 1. The van der Waals surface area contributed by atoms with Crippen molar-refractivity contribution in [2.75, 3.05) is 19.0 Å². The number of sulfone groups is 1. The van der Waals surface area contributed by atoms with Gasteiger partial charge in [-0.05, 0) is 62.4 Å². The quantitative estimate of drug-likeness (QED) is 0.171. The first-order valence-electron chi connectivity index (χ1n) is 13.5. The SMILES string of the molecule is CC1=NC(=O)N(CCCNCS(=O)(=O)c2ccc(C(C)(C)C)cc2)C(c2cccc([N+](=O)[O-])c2)C1C(=O)OC(C)C. The van der Waals surface area contributed by atoms with Crippen LogP contribution in [0.3, 0.4) is 0 Å². The van der Waals surface area contributed by atoms with E-state index >= 15 is 0 Å². The van der Waals surface area contributed by atoms with E-state index in [1.54, 1.807) is 39.0 Å². The molecule has 0 radical (unpaired) electrons. The van der Waals surface area contributed by atoms with Crippen LogP contribution in [0.2, 0.25) is 0 Å². The predicted molar refractivity (Wildman–Crippen MR) is 156 cm³/mol. The van der Waals surface area contributed by atoms with Gasteiger partial charge in [0.25, 0.3) is 5.69 Å². The molecule has 0 saturated carbocycles. The normalized spacial score (nSPS) is 17.9. The van der Waals surface area contributed by atoms with Gasteiger partial charge in [-0.25, -0.2) is 18.2 Å². The van der Waals surface area contributed by atoms with E-state index in [0.29, 0.717) is 12.0 Å².